The molecule has 24 heavy (non-hydrogen) atoms. The number of amides is 1. The summed E-state index contributed by atoms with van der Waals surface area (Å²) in [5.41, 5.74) is 1.63. The molecular formula is C18H17NO5. The lowest BCUT2D eigenvalue weighted by molar-refractivity contribution is -0.149. The first kappa shape index (κ1) is 16.2. The van der Waals surface area contributed by atoms with Crippen LogP contribution in [0.3, 0.4) is 0 Å². The highest BCUT2D eigenvalue weighted by Crippen LogP contribution is 2.35. The van der Waals surface area contributed by atoms with E-state index in [-0.39, 0.29) is 13.1 Å². The Kier molecular flexibility index (Phi) is 4.59. The Hall–Kier alpha value is -2.70. The van der Waals surface area contributed by atoms with Gasteiger partial charge in [0.1, 0.15) is 5.75 Å². The summed E-state index contributed by atoms with van der Waals surface area (Å²) < 4.78 is 15.6. The molecule has 6 nitrogen and oxygen atoms in total. The Morgan fingerprint density at radius 2 is 1.75 bits per heavy atom. The number of methoxy groups -OCH3 is 1. The first-order chi connectivity index (χ1) is 11.6. The van der Waals surface area contributed by atoms with E-state index in [0.717, 1.165) is 0 Å². The number of anilines is 2. The number of Topliss-reactive ketones (excluding diaryl/α,β-unsaturated/α-hetero) is 1. The standard InChI is InChI=1S/C18H17NO5/c1-12(22-2)23-11-24-14-9-7-13(8-10-14)19-16-6-4-3-5-15(16)17(20)18(19)21/h3-10,12H,11H2,1-2H3. The van der Waals surface area contributed by atoms with Crippen molar-refractivity contribution in [3.63, 3.8) is 0 Å². The monoisotopic (exact) mass is 327 g/mol. The number of para-hydroxylation sites is 1. The van der Waals surface area contributed by atoms with Gasteiger partial charge in [-0.05, 0) is 43.3 Å². The number of nitrogens with zero attached hydrogens (tertiary/aromatic N) is 1. The minimum Gasteiger partial charge on any atom is -0.467 e. The van der Waals surface area contributed by atoms with Crippen molar-refractivity contribution in [2.45, 2.75) is 13.2 Å². The molecule has 1 aliphatic heterocycles. The Morgan fingerprint density at radius 1 is 1.04 bits per heavy atom. The molecule has 2 aromatic rings. The number of ketones is 1. The molecule has 1 unspecified atom stereocenters. The van der Waals surface area contributed by atoms with Crippen molar-refractivity contribution in [3.8, 4) is 5.75 Å². The Morgan fingerprint density at radius 3 is 2.46 bits per heavy atom. The van der Waals surface area contributed by atoms with Crippen molar-refractivity contribution in [3.05, 3.63) is 54.1 Å². The molecule has 0 saturated heterocycles. The molecule has 1 amide bonds. The van der Waals surface area contributed by atoms with Crippen molar-refractivity contribution in [2.75, 3.05) is 18.8 Å². The van der Waals surface area contributed by atoms with E-state index in [0.29, 0.717) is 22.7 Å². The van der Waals surface area contributed by atoms with Gasteiger partial charge in [-0.3, -0.25) is 14.5 Å². The molecule has 0 bridgehead atoms. The van der Waals surface area contributed by atoms with Crippen LogP contribution in [0.15, 0.2) is 48.5 Å². The summed E-state index contributed by atoms with van der Waals surface area (Å²) in [7, 11) is 1.55. The second-order valence-electron chi connectivity index (χ2n) is 5.21. The first-order valence-corrected chi connectivity index (χ1v) is 7.47. The zero-order chi connectivity index (χ0) is 17.1. The second kappa shape index (κ2) is 6.82. The summed E-state index contributed by atoms with van der Waals surface area (Å²) in [6.07, 6.45) is -0.353. The van der Waals surface area contributed by atoms with Crippen LogP contribution in [0.4, 0.5) is 11.4 Å². The molecule has 0 aromatic heterocycles. The van der Waals surface area contributed by atoms with Crippen LogP contribution in [0.1, 0.15) is 17.3 Å². The number of carbonyl (C=O) groups is 2. The first-order valence-electron chi connectivity index (χ1n) is 7.47. The van der Waals surface area contributed by atoms with E-state index in [4.69, 9.17) is 14.2 Å². The van der Waals surface area contributed by atoms with Crippen LogP contribution in [0.25, 0.3) is 0 Å². The maximum absolute atomic E-state index is 12.2. The lowest BCUT2D eigenvalue weighted by atomic mass is 10.1. The van der Waals surface area contributed by atoms with Gasteiger partial charge >= 0.3 is 5.91 Å². The molecular weight excluding hydrogens is 310 g/mol. The van der Waals surface area contributed by atoms with E-state index in [2.05, 4.69) is 0 Å². The fraction of sp³-hybridized carbons (Fsp3) is 0.222. The van der Waals surface area contributed by atoms with Gasteiger partial charge in [-0.25, -0.2) is 0 Å². The fourth-order valence-corrected chi connectivity index (χ4v) is 2.40. The highest BCUT2D eigenvalue weighted by Gasteiger charge is 2.36. The summed E-state index contributed by atoms with van der Waals surface area (Å²) in [6.45, 7) is 1.82. The quantitative estimate of drug-likeness (QED) is 0.603. The van der Waals surface area contributed by atoms with Gasteiger partial charge in [-0.1, -0.05) is 12.1 Å². The number of ether oxygens (including phenoxy) is 3. The van der Waals surface area contributed by atoms with Crippen LogP contribution in [0, 0.1) is 0 Å². The van der Waals surface area contributed by atoms with Gasteiger partial charge in [0, 0.05) is 12.8 Å². The third-order valence-electron chi connectivity index (χ3n) is 3.74. The Bertz CT molecular complexity index is 756. The number of carbonyl (C=O) groups excluding carboxylic acids is 2. The lowest BCUT2D eigenvalue weighted by Gasteiger charge is -2.17. The van der Waals surface area contributed by atoms with Crippen LogP contribution in [0.5, 0.6) is 5.75 Å². The van der Waals surface area contributed by atoms with E-state index >= 15 is 0 Å². The van der Waals surface area contributed by atoms with Crippen molar-refractivity contribution < 1.29 is 23.8 Å². The molecule has 0 saturated carbocycles. The van der Waals surface area contributed by atoms with Crippen molar-refractivity contribution in [1.82, 2.24) is 0 Å². The second-order valence-corrected chi connectivity index (χ2v) is 5.21. The summed E-state index contributed by atoms with van der Waals surface area (Å²) in [5, 5.41) is 0. The van der Waals surface area contributed by atoms with E-state index < -0.39 is 11.7 Å². The molecule has 6 heteroatoms. The topological polar surface area (TPSA) is 65.1 Å². The van der Waals surface area contributed by atoms with Gasteiger partial charge < -0.3 is 14.2 Å². The van der Waals surface area contributed by atoms with Crippen LogP contribution in [-0.2, 0) is 14.3 Å². The van der Waals surface area contributed by atoms with Gasteiger partial charge in [0.2, 0.25) is 0 Å². The van der Waals surface area contributed by atoms with E-state index in [1.54, 1.807) is 62.6 Å². The maximum Gasteiger partial charge on any atom is 0.304 e. The fourth-order valence-electron chi connectivity index (χ4n) is 2.40. The number of hydrogen-bond acceptors (Lipinski definition) is 5. The average Bonchev–Trinajstić information content (AvgIpc) is 2.87. The third-order valence-corrected chi connectivity index (χ3v) is 3.74. The SMILES string of the molecule is COC(C)OCOc1ccc(N2C(=O)C(=O)c3ccccc32)cc1. The van der Waals surface area contributed by atoms with Crippen LogP contribution >= 0.6 is 0 Å². The molecule has 0 spiro atoms. The normalized spacial score (nSPS) is 14.7. The smallest absolute Gasteiger partial charge is 0.304 e. The predicted octanol–water partition coefficient (Wildman–Crippen LogP) is 2.89. The summed E-state index contributed by atoms with van der Waals surface area (Å²) in [5.74, 6) is -0.455. The largest absolute Gasteiger partial charge is 0.467 e. The molecule has 3 rings (SSSR count). The van der Waals surface area contributed by atoms with E-state index in [9.17, 15) is 9.59 Å². The number of benzene rings is 2. The average molecular weight is 327 g/mol. The highest BCUT2D eigenvalue weighted by molar-refractivity contribution is 6.53. The molecule has 1 heterocycles. The van der Waals surface area contributed by atoms with Gasteiger partial charge in [-0.15, -0.1) is 0 Å². The number of rotatable bonds is 6. The molecule has 2 aromatic carbocycles. The zero-order valence-electron chi connectivity index (χ0n) is 13.4. The molecule has 1 atom stereocenters. The molecule has 124 valence electrons. The number of hydrogen-bond donors (Lipinski definition) is 0. The van der Waals surface area contributed by atoms with E-state index in [1.165, 1.54) is 4.90 Å². The van der Waals surface area contributed by atoms with Gasteiger partial charge in [-0.2, -0.15) is 0 Å². The minimum absolute atomic E-state index is 0.0539. The Labute approximate surface area is 139 Å². The molecule has 0 radical (unpaired) electrons. The molecule has 0 aliphatic carbocycles. The number of fused-ring (bicyclic) bond motifs is 1. The van der Waals surface area contributed by atoms with Crippen molar-refractivity contribution in [2.24, 2.45) is 0 Å². The lowest BCUT2D eigenvalue weighted by Crippen LogP contribution is -2.24. The zero-order valence-corrected chi connectivity index (χ0v) is 13.4. The molecule has 1 aliphatic rings. The van der Waals surface area contributed by atoms with Gasteiger partial charge in [0.15, 0.2) is 13.1 Å². The highest BCUT2D eigenvalue weighted by atomic mass is 16.7. The molecule has 0 fully saturated rings. The van der Waals surface area contributed by atoms with Crippen LogP contribution in [-0.4, -0.2) is 31.9 Å². The summed E-state index contributed by atoms with van der Waals surface area (Å²) in [6, 6.07) is 13.8. The summed E-state index contributed by atoms with van der Waals surface area (Å²) >= 11 is 0. The van der Waals surface area contributed by atoms with Crippen LogP contribution < -0.4 is 9.64 Å². The van der Waals surface area contributed by atoms with Crippen molar-refractivity contribution >= 4 is 23.1 Å². The summed E-state index contributed by atoms with van der Waals surface area (Å²) in [4.78, 5) is 25.7. The maximum atomic E-state index is 12.2. The Balaban J connectivity index is 1.74. The van der Waals surface area contributed by atoms with Crippen molar-refractivity contribution in [1.29, 1.82) is 0 Å². The minimum atomic E-state index is -0.554. The van der Waals surface area contributed by atoms with Gasteiger partial charge in [0.25, 0.3) is 5.78 Å². The van der Waals surface area contributed by atoms with E-state index in [1.807, 2.05) is 0 Å². The van der Waals surface area contributed by atoms with Gasteiger partial charge in [0.05, 0.1) is 11.3 Å². The molecule has 0 N–H and O–H groups in total. The third kappa shape index (κ3) is 3.02. The van der Waals surface area contributed by atoms with Crippen LogP contribution in [0.2, 0.25) is 0 Å². The predicted molar refractivity (Wildman–Crippen MR) is 87.4 cm³/mol.